The zero-order valence-electron chi connectivity index (χ0n) is 15.6. The minimum absolute atomic E-state index is 0.00630. The van der Waals surface area contributed by atoms with Crippen molar-refractivity contribution in [2.45, 2.75) is 6.92 Å². The predicted octanol–water partition coefficient (Wildman–Crippen LogP) is 4.20. The van der Waals surface area contributed by atoms with Crippen molar-refractivity contribution in [3.63, 3.8) is 0 Å². The number of nitrogens with one attached hydrogen (secondary N) is 2. The smallest absolute Gasteiger partial charge is 0.287 e. The molecule has 5 nitrogen and oxygen atoms in total. The molecule has 0 saturated carbocycles. The number of thiophene rings is 1. The van der Waals surface area contributed by atoms with E-state index in [-0.39, 0.29) is 5.70 Å². The van der Waals surface area contributed by atoms with Crippen LogP contribution >= 0.6 is 11.3 Å². The molecule has 0 spiro atoms. The molecule has 0 atom stereocenters. The molecule has 0 aliphatic rings. The molecule has 0 unspecified atom stereocenters. The summed E-state index contributed by atoms with van der Waals surface area (Å²) < 4.78 is 13.2. The van der Waals surface area contributed by atoms with E-state index in [1.165, 1.54) is 41.7 Å². The Balaban J connectivity index is 1.83. The van der Waals surface area contributed by atoms with Crippen LogP contribution in [0.15, 0.2) is 82.9 Å². The van der Waals surface area contributed by atoms with Crippen LogP contribution in [0, 0.1) is 5.82 Å². The second-order valence-electron chi connectivity index (χ2n) is 6.05. The summed E-state index contributed by atoms with van der Waals surface area (Å²) in [5.41, 5.74) is 4.06. The van der Waals surface area contributed by atoms with Crippen molar-refractivity contribution in [2.75, 3.05) is 0 Å². The fourth-order valence-electron chi connectivity index (χ4n) is 2.40. The number of rotatable bonds is 6. The summed E-state index contributed by atoms with van der Waals surface area (Å²) in [6.07, 6.45) is 1.46. The van der Waals surface area contributed by atoms with Crippen molar-refractivity contribution in [2.24, 2.45) is 5.10 Å². The van der Waals surface area contributed by atoms with Crippen LogP contribution in [0.5, 0.6) is 0 Å². The Bertz CT molecular complexity index is 1040. The molecule has 0 saturated heterocycles. The molecule has 1 heterocycles. The second kappa shape index (κ2) is 9.57. The molecule has 0 radical (unpaired) electrons. The van der Waals surface area contributed by atoms with E-state index in [1.54, 1.807) is 37.3 Å². The van der Waals surface area contributed by atoms with Crippen LogP contribution in [-0.4, -0.2) is 17.5 Å². The van der Waals surface area contributed by atoms with Crippen LogP contribution in [0.1, 0.15) is 27.7 Å². The van der Waals surface area contributed by atoms with E-state index in [2.05, 4.69) is 15.8 Å². The topological polar surface area (TPSA) is 70.6 Å². The van der Waals surface area contributed by atoms with Gasteiger partial charge >= 0.3 is 0 Å². The van der Waals surface area contributed by atoms with E-state index in [0.717, 1.165) is 4.88 Å². The van der Waals surface area contributed by atoms with Gasteiger partial charge in [-0.3, -0.25) is 9.59 Å². The first-order chi connectivity index (χ1) is 14.0. The molecular weight excluding hydrogens is 389 g/mol. The molecule has 146 valence electrons. The maximum atomic E-state index is 13.2. The Kier molecular flexibility index (Phi) is 6.65. The highest BCUT2D eigenvalue weighted by molar-refractivity contribution is 7.12. The number of benzene rings is 2. The Labute approximate surface area is 171 Å². The van der Waals surface area contributed by atoms with Gasteiger partial charge in [0, 0.05) is 10.4 Å². The first-order valence-electron chi connectivity index (χ1n) is 8.75. The number of carbonyl (C=O) groups excluding carboxylic acids is 2. The highest BCUT2D eigenvalue weighted by Gasteiger charge is 2.14. The molecule has 2 aromatic carbocycles. The lowest BCUT2D eigenvalue weighted by Crippen LogP contribution is -2.33. The molecule has 2 amide bonds. The number of hydrogen-bond donors (Lipinski definition) is 2. The summed E-state index contributed by atoms with van der Waals surface area (Å²) in [6, 6.07) is 17.9. The SMILES string of the molecule is C/C(=N\NC(=O)/C(=C/c1ccc(F)cc1)NC(=O)c1ccccc1)c1cccs1. The Hall–Kier alpha value is -3.58. The van der Waals surface area contributed by atoms with Gasteiger partial charge in [0.05, 0.1) is 5.71 Å². The quantitative estimate of drug-likeness (QED) is 0.365. The standard InChI is InChI=1S/C22H18FN3O2S/c1-15(20-8-5-13-29-20)25-26-22(28)19(14-16-9-11-18(23)12-10-16)24-21(27)17-6-3-2-4-7-17/h2-14H,1H3,(H,24,27)(H,26,28)/b19-14-,25-15+. The summed E-state index contributed by atoms with van der Waals surface area (Å²) in [6.45, 7) is 1.78. The van der Waals surface area contributed by atoms with Gasteiger partial charge in [0.1, 0.15) is 11.5 Å². The van der Waals surface area contributed by atoms with Gasteiger partial charge in [-0.2, -0.15) is 5.10 Å². The number of amides is 2. The van der Waals surface area contributed by atoms with Crippen molar-refractivity contribution in [1.29, 1.82) is 0 Å². The van der Waals surface area contributed by atoms with Gasteiger partial charge in [0.2, 0.25) is 0 Å². The lowest BCUT2D eigenvalue weighted by molar-refractivity contribution is -0.117. The normalized spacial score (nSPS) is 11.8. The van der Waals surface area contributed by atoms with Crippen LogP contribution < -0.4 is 10.7 Å². The summed E-state index contributed by atoms with van der Waals surface area (Å²) in [7, 11) is 0. The lowest BCUT2D eigenvalue weighted by Gasteiger charge is -2.09. The zero-order valence-corrected chi connectivity index (χ0v) is 16.4. The minimum Gasteiger partial charge on any atom is -0.317 e. The minimum atomic E-state index is -0.588. The van der Waals surface area contributed by atoms with Crippen molar-refractivity contribution < 1.29 is 14.0 Å². The maximum Gasteiger partial charge on any atom is 0.287 e. The average Bonchev–Trinajstić information content (AvgIpc) is 3.28. The second-order valence-corrected chi connectivity index (χ2v) is 6.99. The van der Waals surface area contributed by atoms with Gasteiger partial charge < -0.3 is 5.32 Å². The maximum absolute atomic E-state index is 13.2. The van der Waals surface area contributed by atoms with Crippen molar-refractivity contribution in [3.05, 3.63) is 99.6 Å². The van der Waals surface area contributed by atoms with E-state index in [1.807, 2.05) is 17.5 Å². The molecule has 2 N–H and O–H groups in total. The molecule has 0 bridgehead atoms. The summed E-state index contributed by atoms with van der Waals surface area (Å²) in [4.78, 5) is 26.1. The van der Waals surface area contributed by atoms with E-state index < -0.39 is 17.6 Å². The predicted molar refractivity (Wildman–Crippen MR) is 113 cm³/mol. The third-order valence-corrected chi connectivity index (χ3v) is 4.89. The molecule has 7 heteroatoms. The van der Waals surface area contributed by atoms with E-state index in [0.29, 0.717) is 16.8 Å². The van der Waals surface area contributed by atoms with Crippen LogP contribution in [0.25, 0.3) is 6.08 Å². The fourth-order valence-corrected chi connectivity index (χ4v) is 3.08. The molecule has 0 aliphatic carbocycles. The Morgan fingerprint density at radius 1 is 1.00 bits per heavy atom. The van der Waals surface area contributed by atoms with E-state index in [4.69, 9.17) is 0 Å². The average molecular weight is 407 g/mol. The van der Waals surface area contributed by atoms with Gasteiger partial charge in [-0.05, 0) is 54.3 Å². The fraction of sp³-hybridized carbons (Fsp3) is 0.0455. The van der Waals surface area contributed by atoms with E-state index in [9.17, 15) is 14.0 Å². The zero-order chi connectivity index (χ0) is 20.6. The van der Waals surface area contributed by atoms with Crippen LogP contribution in [0.3, 0.4) is 0 Å². The largest absolute Gasteiger partial charge is 0.317 e. The molecule has 1 aromatic heterocycles. The first kappa shape index (κ1) is 20.2. The van der Waals surface area contributed by atoms with Gasteiger partial charge in [-0.15, -0.1) is 11.3 Å². The third kappa shape index (κ3) is 5.70. The first-order valence-corrected chi connectivity index (χ1v) is 9.63. The number of hydrogen-bond acceptors (Lipinski definition) is 4. The monoisotopic (exact) mass is 407 g/mol. The molecule has 0 aliphatic heterocycles. The molecule has 0 fully saturated rings. The molecule has 29 heavy (non-hydrogen) atoms. The van der Waals surface area contributed by atoms with E-state index >= 15 is 0 Å². The van der Waals surface area contributed by atoms with Crippen molar-refractivity contribution in [1.82, 2.24) is 10.7 Å². The number of carbonyl (C=O) groups is 2. The van der Waals surface area contributed by atoms with Crippen molar-refractivity contribution in [3.8, 4) is 0 Å². The summed E-state index contributed by atoms with van der Waals surface area (Å²) in [5.74, 6) is -1.42. The van der Waals surface area contributed by atoms with Crippen LogP contribution in [0.4, 0.5) is 4.39 Å². The third-order valence-electron chi connectivity index (χ3n) is 3.91. The van der Waals surface area contributed by atoms with Gasteiger partial charge in [-0.25, -0.2) is 9.82 Å². The summed E-state index contributed by atoms with van der Waals surface area (Å²) in [5, 5.41) is 8.62. The van der Waals surface area contributed by atoms with Gasteiger partial charge in [0.15, 0.2) is 0 Å². The highest BCUT2D eigenvalue weighted by Crippen LogP contribution is 2.11. The van der Waals surface area contributed by atoms with Crippen LogP contribution in [-0.2, 0) is 4.79 Å². The van der Waals surface area contributed by atoms with Gasteiger partial charge in [-0.1, -0.05) is 36.4 Å². The van der Waals surface area contributed by atoms with Crippen LogP contribution in [0.2, 0.25) is 0 Å². The lowest BCUT2D eigenvalue weighted by atomic mass is 10.1. The number of hydrazone groups is 1. The molecular formula is C22H18FN3O2S. The summed E-state index contributed by atoms with van der Waals surface area (Å²) >= 11 is 1.50. The van der Waals surface area contributed by atoms with Crippen molar-refractivity contribution >= 4 is 34.9 Å². The number of halogens is 1. The Morgan fingerprint density at radius 3 is 2.38 bits per heavy atom. The molecule has 3 rings (SSSR count). The van der Waals surface area contributed by atoms with Gasteiger partial charge in [0.25, 0.3) is 11.8 Å². The molecule has 3 aromatic rings. The Morgan fingerprint density at radius 2 is 1.72 bits per heavy atom. The highest BCUT2D eigenvalue weighted by atomic mass is 32.1. The number of nitrogens with zero attached hydrogens (tertiary/aromatic N) is 1.